The summed E-state index contributed by atoms with van der Waals surface area (Å²) in [6, 6.07) is 1.05. The van der Waals surface area contributed by atoms with Crippen LogP contribution in [0.15, 0.2) is 24.3 Å². The van der Waals surface area contributed by atoms with E-state index in [0.29, 0.717) is 5.56 Å². The Bertz CT molecular complexity index is 925. The quantitative estimate of drug-likeness (QED) is 0.140. The lowest BCUT2D eigenvalue weighted by atomic mass is 10.0. The molecule has 0 saturated carbocycles. The maximum Gasteiger partial charge on any atom is 0.326 e. The van der Waals surface area contributed by atoms with E-state index in [1.165, 1.54) is 24.3 Å². The second kappa shape index (κ2) is 14.9. The Labute approximate surface area is 214 Å². The van der Waals surface area contributed by atoms with Crippen molar-refractivity contribution in [1.29, 1.82) is 0 Å². The van der Waals surface area contributed by atoms with Crippen molar-refractivity contribution in [3.63, 3.8) is 0 Å². The van der Waals surface area contributed by atoms with Gasteiger partial charge in [-0.25, -0.2) is 4.79 Å². The molecule has 13 heteroatoms. The number of benzene rings is 1. The summed E-state index contributed by atoms with van der Waals surface area (Å²) in [5.74, 6) is -4.81. The first kappa shape index (κ1) is 30.7. The summed E-state index contributed by atoms with van der Waals surface area (Å²) in [6.45, 7) is 3.60. The predicted octanol–water partition coefficient (Wildman–Crippen LogP) is -0.358. The number of hydrogen-bond donors (Lipinski definition) is 8. The molecular weight excluding hydrogens is 492 g/mol. The van der Waals surface area contributed by atoms with Crippen molar-refractivity contribution in [2.75, 3.05) is 5.75 Å². The summed E-state index contributed by atoms with van der Waals surface area (Å²) in [7, 11) is 0. The molecule has 1 rings (SSSR count). The highest BCUT2D eigenvalue weighted by molar-refractivity contribution is 7.80. The number of carbonyl (C=O) groups is 5. The molecule has 12 nitrogen and oxygen atoms in total. The van der Waals surface area contributed by atoms with E-state index in [4.69, 9.17) is 10.8 Å². The average Bonchev–Trinajstić information content (AvgIpc) is 2.80. The van der Waals surface area contributed by atoms with Crippen LogP contribution < -0.4 is 21.7 Å². The summed E-state index contributed by atoms with van der Waals surface area (Å²) in [4.78, 5) is 60.9. The van der Waals surface area contributed by atoms with Gasteiger partial charge in [0.1, 0.15) is 23.9 Å². The van der Waals surface area contributed by atoms with Gasteiger partial charge in [0.25, 0.3) is 0 Å². The zero-order valence-electron chi connectivity index (χ0n) is 20.1. The summed E-state index contributed by atoms with van der Waals surface area (Å²) >= 11 is 3.93. The fraction of sp³-hybridized carbons (Fsp3) is 0.522. The number of nitrogens with one attached hydrogen (secondary N) is 3. The maximum atomic E-state index is 13.0. The molecule has 0 saturated heterocycles. The Balaban J connectivity index is 3.02. The lowest BCUT2D eigenvalue weighted by Crippen LogP contribution is -2.57. The van der Waals surface area contributed by atoms with Crippen molar-refractivity contribution in [3.05, 3.63) is 29.8 Å². The Kier molecular flexibility index (Phi) is 12.7. The molecule has 0 aliphatic heterocycles. The van der Waals surface area contributed by atoms with Crippen molar-refractivity contribution < 1.29 is 39.3 Å². The molecule has 0 spiro atoms. The topological polar surface area (TPSA) is 208 Å². The van der Waals surface area contributed by atoms with Crippen molar-refractivity contribution >= 4 is 42.3 Å². The van der Waals surface area contributed by atoms with Gasteiger partial charge in [-0.15, -0.1) is 0 Å². The minimum absolute atomic E-state index is 0.00487. The van der Waals surface area contributed by atoms with Crippen LogP contribution in [0.1, 0.15) is 38.7 Å². The van der Waals surface area contributed by atoms with Crippen molar-refractivity contribution in [2.45, 2.75) is 63.7 Å². The molecule has 0 aliphatic carbocycles. The average molecular weight is 527 g/mol. The third-order valence-electron chi connectivity index (χ3n) is 5.14. The van der Waals surface area contributed by atoms with Gasteiger partial charge in [0.2, 0.25) is 17.7 Å². The lowest BCUT2D eigenvalue weighted by Gasteiger charge is -2.26. The highest BCUT2D eigenvalue weighted by Gasteiger charge is 2.31. The summed E-state index contributed by atoms with van der Waals surface area (Å²) in [6.07, 6.45) is -0.592. The van der Waals surface area contributed by atoms with Crippen LogP contribution in [0.25, 0.3) is 0 Å². The highest BCUT2D eigenvalue weighted by atomic mass is 32.1. The number of phenols is 1. The summed E-state index contributed by atoms with van der Waals surface area (Å²) in [5, 5.41) is 35.3. The minimum Gasteiger partial charge on any atom is -0.508 e. The SMILES string of the molecule is CC(C)CC(NC(=O)C(CCC(=O)O)NC(=O)C(N)CS)C(=O)NC(Cc1ccc(O)cc1)C(=O)O. The Morgan fingerprint density at radius 1 is 0.889 bits per heavy atom. The first-order valence-corrected chi connectivity index (χ1v) is 12.0. The fourth-order valence-corrected chi connectivity index (χ4v) is 3.38. The number of amides is 3. The van der Waals surface area contributed by atoms with Gasteiger partial charge in [0.15, 0.2) is 0 Å². The summed E-state index contributed by atoms with van der Waals surface area (Å²) in [5.41, 5.74) is 6.18. The number of aliphatic carboxylic acids is 2. The molecule has 8 N–H and O–H groups in total. The third-order valence-corrected chi connectivity index (χ3v) is 5.54. The van der Waals surface area contributed by atoms with E-state index in [9.17, 15) is 34.2 Å². The van der Waals surface area contributed by atoms with E-state index in [1.807, 2.05) is 0 Å². The Morgan fingerprint density at radius 2 is 1.42 bits per heavy atom. The van der Waals surface area contributed by atoms with Gasteiger partial charge >= 0.3 is 11.9 Å². The molecule has 36 heavy (non-hydrogen) atoms. The number of thiol groups is 1. The van der Waals surface area contributed by atoms with E-state index < -0.39 is 60.2 Å². The monoisotopic (exact) mass is 526 g/mol. The van der Waals surface area contributed by atoms with Crippen LogP contribution in [-0.4, -0.2) is 74.9 Å². The number of phenolic OH excluding ortho intramolecular Hbond substituents is 1. The van der Waals surface area contributed by atoms with Crippen molar-refractivity contribution in [3.8, 4) is 5.75 Å². The van der Waals surface area contributed by atoms with Gasteiger partial charge in [0, 0.05) is 18.6 Å². The first-order valence-electron chi connectivity index (χ1n) is 11.3. The van der Waals surface area contributed by atoms with E-state index >= 15 is 0 Å². The normalized spacial score (nSPS) is 14.2. The smallest absolute Gasteiger partial charge is 0.326 e. The molecule has 0 aromatic heterocycles. The molecule has 0 fully saturated rings. The Morgan fingerprint density at radius 3 is 1.92 bits per heavy atom. The molecule has 4 atom stereocenters. The number of hydrogen-bond acceptors (Lipinski definition) is 8. The Hall–Kier alpha value is -3.32. The van der Waals surface area contributed by atoms with Crippen LogP contribution in [-0.2, 0) is 30.4 Å². The van der Waals surface area contributed by atoms with Gasteiger partial charge < -0.3 is 37.0 Å². The molecule has 0 bridgehead atoms. The van der Waals surface area contributed by atoms with Crippen LogP contribution in [0.4, 0.5) is 0 Å². The zero-order chi connectivity index (χ0) is 27.4. The van der Waals surface area contributed by atoms with Crippen LogP contribution in [0.3, 0.4) is 0 Å². The van der Waals surface area contributed by atoms with E-state index in [2.05, 4.69) is 28.6 Å². The highest BCUT2D eigenvalue weighted by Crippen LogP contribution is 2.12. The van der Waals surface area contributed by atoms with Crippen molar-refractivity contribution in [1.82, 2.24) is 16.0 Å². The molecule has 3 amide bonds. The first-order chi connectivity index (χ1) is 16.8. The van der Waals surface area contributed by atoms with Crippen LogP contribution >= 0.6 is 12.6 Å². The number of aromatic hydroxyl groups is 1. The molecule has 0 radical (unpaired) electrons. The van der Waals surface area contributed by atoms with Crippen LogP contribution in [0.2, 0.25) is 0 Å². The van der Waals surface area contributed by atoms with E-state index in [-0.39, 0.29) is 36.7 Å². The standard InChI is InChI=1S/C23H34N4O8S/c1-12(2)9-17(22(33)27-18(23(34)35)10-13-3-5-14(28)6-4-13)26-21(32)16(7-8-19(29)30)25-20(31)15(24)11-36/h3-6,12,15-18,28,36H,7-11,24H2,1-2H3,(H,25,31)(H,26,32)(H,27,33)(H,29,30)(H,34,35). The minimum atomic E-state index is -1.32. The zero-order valence-corrected chi connectivity index (χ0v) is 21.0. The predicted molar refractivity (Wildman–Crippen MR) is 133 cm³/mol. The molecule has 200 valence electrons. The van der Waals surface area contributed by atoms with Gasteiger partial charge in [0.05, 0.1) is 6.04 Å². The van der Waals surface area contributed by atoms with E-state index in [0.717, 1.165) is 0 Å². The van der Waals surface area contributed by atoms with Gasteiger partial charge in [-0.1, -0.05) is 26.0 Å². The molecule has 1 aromatic carbocycles. The number of carbonyl (C=O) groups excluding carboxylic acids is 3. The largest absolute Gasteiger partial charge is 0.508 e. The van der Waals surface area contributed by atoms with E-state index in [1.54, 1.807) is 13.8 Å². The second-order valence-corrected chi connectivity index (χ2v) is 9.11. The molecule has 0 aliphatic rings. The molecule has 4 unspecified atom stereocenters. The van der Waals surface area contributed by atoms with Gasteiger partial charge in [-0.3, -0.25) is 19.2 Å². The number of rotatable bonds is 15. The fourth-order valence-electron chi connectivity index (χ4n) is 3.21. The van der Waals surface area contributed by atoms with Crippen LogP contribution in [0.5, 0.6) is 5.75 Å². The number of carboxylic acid groups (broad SMARTS) is 2. The third kappa shape index (κ3) is 11.0. The number of nitrogens with two attached hydrogens (primary N) is 1. The summed E-state index contributed by atoms with van der Waals surface area (Å²) < 4.78 is 0. The van der Waals surface area contributed by atoms with Gasteiger partial charge in [-0.2, -0.15) is 12.6 Å². The lowest BCUT2D eigenvalue weighted by molar-refractivity contribution is -0.142. The maximum absolute atomic E-state index is 13.0. The molecular formula is C23H34N4O8S. The van der Waals surface area contributed by atoms with Gasteiger partial charge in [-0.05, 0) is 36.5 Å². The molecule has 1 aromatic rings. The van der Waals surface area contributed by atoms with Crippen LogP contribution in [0, 0.1) is 5.92 Å². The number of carboxylic acids is 2. The second-order valence-electron chi connectivity index (χ2n) is 8.74. The molecule has 0 heterocycles. The van der Waals surface area contributed by atoms with Crippen molar-refractivity contribution in [2.24, 2.45) is 11.7 Å².